The Balaban J connectivity index is 1.83. The Morgan fingerprint density at radius 3 is 2.16 bits per heavy atom. The van der Waals surface area contributed by atoms with Gasteiger partial charge in [-0.1, -0.05) is 24.3 Å². The smallest absolute Gasteiger partial charge is 0.282 e. The van der Waals surface area contributed by atoms with Gasteiger partial charge in [-0.3, -0.25) is 9.59 Å². The Morgan fingerprint density at radius 1 is 0.812 bits per heavy atom. The lowest BCUT2D eigenvalue weighted by molar-refractivity contribution is -0.120. The van der Waals surface area contributed by atoms with Gasteiger partial charge in [-0.2, -0.15) is 0 Å². The molecule has 0 spiro atoms. The maximum atomic E-state index is 14.4. The molecule has 0 aliphatic carbocycles. The molecular formula is C24H18F2N2O4. The second-order valence-electron chi connectivity index (χ2n) is 6.85. The molecule has 8 heteroatoms. The number of rotatable bonds is 6. The van der Waals surface area contributed by atoms with Crippen LogP contribution in [0.4, 0.5) is 20.2 Å². The number of nitrogens with one attached hydrogen (secondary N) is 1. The highest BCUT2D eigenvalue weighted by Gasteiger charge is 2.41. The maximum absolute atomic E-state index is 14.4. The van der Waals surface area contributed by atoms with Crippen molar-refractivity contribution in [2.75, 3.05) is 24.4 Å². The van der Waals surface area contributed by atoms with E-state index in [1.165, 1.54) is 56.7 Å². The molecule has 32 heavy (non-hydrogen) atoms. The van der Waals surface area contributed by atoms with Crippen LogP contribution < -0.4 is 19.7 Å². The Morgan fingerprint density at radius 2 is 1.50 bits per heavy atom. The molecule has 0 saturated carbocycles. The van der Waals surface area contributed by atoms with Crippen molar-refractivity contribution >= 4 is 28.8 Å². The van der Waals surface area contributed by atoms with E-state index in [1.54, 1.807) is 18.2 Å². The highest BCUT2D eigenvalue weighted by Crippen LogP contribution is 2.36. The SMILES string of the molecule is COc1ccc(NC2=C(c3ccc(F)cc3)C(=O)N(c3ccccc3F)C2=O)cc1OC. The fraction of sp³-hybridized carbons (Fsp3) is 0.0833. The van der Waals surface area contributed by atoms with E-state index in [2.05, 4.69) is 5.32 Å². The normalized spacial score (nSPS) is 13.6. The second-order valence-corrected chi connectivity index (χ2v) is 6.85. The van der Waals surface area contributed by atoms with Crippen molar-refractivity contribution in [1.82, 2.24) is 0 Å². The molecule has 0 saturated heterocycles. The molecule has 4 rings (SSSR count). The monoisotopic (exact) mass is 436 g/mol. The first-order valence-corrected chi connectivity index (χ1v) is 9.57. The predicted molar refractivity (Wildman–Crippen MR) is 115 cm³/mol. The molecule has 2 amide bonds. The van der Waals surface area contributed by atoms with E-state index < -0.39 is 23.4 Å². The fourth-order valence-electron chi connectivity index (χ4n) is 3.44. The molecule has 0 fully saturated rings. The van der Waals surface area contributed by atoms with Crippen LogP contribution in [0.15, 0.2) is 72.4 Å². The fourth-order valence-corrected chi connectivity index (χ4v) is 3.44. The second kappa shape index (κ2) is 8.50. The van der Waals surface area contributed by atoms with Crippen molar-refractivity contribution in [3.05, 3.63) is 89.6 Å². The number of nitrogens with zero attached hydrogens (tertiary/aromatic N) is 1. The minimum Gasteiger partial charge on any atom is -0.493 e. The Kier molecular flexibility index (Phi) is 5.59. The van der Waals surface area contributed by atoms with Crippen LogP contribution in [0.1, 0.15) is 5.56 Å². The van der Waals surface area contributed by atoms with Crippen LogP contribution in [-0.4, -0.2) is 26.0 Å². The van der Waals surface area contributed by atoms with Crippen LogP contribution in [-0.2, 0) is 9.59 Å². The van der Waals surface area contributed by atoms with Gasteiger partial charge in [0, 0.05) is 11.8 Å². The van der Waals surface area contributed by atoms with Crippen molar-refractivity contribution in [2.24, 2.45) is 0 Å². The molecule has 162 valence electrons. The zero-order valence-corrected chi connectivity index (χ0v) is 17.2. The molecule has 0 unspecified atom stereocenters. The third-order valence-corrected chi connectivity index (χ3v) is 4.96. The summed E-state index contributed by atoms with van der Waals surface area (Å²) in [6.45, 7) is 0. The molecule has 0 atom stereocenters. The number of halogens is 2. The standard InChI is InChI=1S/C24H18F2N2O4/c1-31-19-12-11-16(13-20(19)32-2)27-22-21(14-7-9-15(25)10-8-14)23(29)28(24(22)30)18-6-4-3-5-17(18)26/h3-13,27H,1-2H3. The van der Waals surface area contributed by atoms with Gasteiger partial charge in [0.1, 0.15) is 17.3 Å². The van der Waals surface area contributed by atoms with Crippen molar-refractivity contribution < 1.29 is 27.8 Å². The Labute approximate surface area is 182 Å². The number of carbonyl (C=O) groups is 2. The number of anilines is 2. The average Bonchev–Trinajstić information content (AvgIpc) is 3.04. The maximum Gasteiger partial charge on any atom is 0.282 e. The first-order chi connectivity index (χ1) is 15.4. The summed E-state index contributed by atoms with van der Waals surface area (Å²) in [7, 11) is 2.96. The van der Waals surface area contributed by atoms with Crippen molar-refractivity contribution in [3.8, 4) is 11.5 Å². The van der Waals surface area contributed by atoms with Crippen LogP contribution in [0.5, 0.6) is 11.5 Å². The number of para-hydroxylation sites is 1. The Bertz CT molecular complexity index is 1240. The minimum atomic E-state index is -0.741. The third-order valence-electron chi connectivity index (χ3n) is 4.96. The predicted octanol–water partition coefficient (Wildman–Crippen LogP) is 4.38. The van der Waals surface area contributed by atoms with E-state index in [0.717, 1.165) is 11.0 Å². The van der Waals surface area contributed by atoms with Gasteiger partial charge in [-0.15, -0.1) is 0 Å². The molecule has 1 heterocycles. The number of methoxy groups -OCH3 is 2. The van der Waals surface area contributed by atoms with Crippen LogP contribution in [0, 0.1) is 11.6 Å². The lowest BCUT2D eigenvalue weighted by Gasteiger charge is -2.16. The first-order valence-electron chi connectivity index (χ1n) is 9.57. The number of ether oxygens (including phenoxy) is 2. The van der Waals surface area contributed by atoms with E-state index >= 15 is 0 Å². The molecule has 0 bridgehead atoms. The zero-order chi connectivity index (χ0) is 22.8. The van der Waals surface area contributed by atoms with Gasteiger partial charge < -0.3 is 14.8 Å². The van der Waals surface area contributed by atoms with Crippen molar-refractivity contribution in [1.29, 1.82) is 0 Å². The van der Waals surface area contributed by atoms with Gasteiger partial charge in [0.05, 0.1) is 25.5 Å². The van der Waals surface area contributed by atoms with E-state index in [1.807, 2.05) is 0 Å². The van der Waals surface area contributed by atoms with E-state index in [-0.39, 0.29) is 17.0 Å². The zero-order valence-electron chi connectivity index (χ0n) is 17.2. The van der Waals surface area contributed by atoms with Gasteiger partial charge >= 0.3 is 0 Å². The van der Waals surface area contributed by atoms with Gasteiger partial charge in [-0.25, -0.2) is 13.7 Å². The van der Waals surface area contributed by atoms with E-state index in [0.29, 0.717) is 22.7 Å². The lowest BCUT2D eigenvalue weighted by Crippen LogP contribution is -2.33. The molecule has 3 aromatic carbocycles. The molecular weight excluding hydrogens is 418 g/mol. The van der Waals surface area contributed by atoms with Gasteiger partial charge in [0.2, 0.25) is 0 Å². The molecule has 3 aromatic rings. The van der Waals surface area contributed by atoms with Gasteiger partial charge in [0.15, 0.2) is 11.5 Å². The summed E-state index contributed by atoms with van der Waals surface area (Å²) in [5, 5.41) is 2.95. The molecule has 0 radical (unpaired) electrons. The molecule has 0 aromatic heterocycles. The number of hydrogen-bond donors (Lipinski definition) is 1. The van der Waals surface area contributed by atoms with Crippen molar-refractivity contribution in [3.63, 3.8) is 0 Å². The third kappa shape index (κ3) is 3.66. The number of benzene rings is 3. The van der Waals surface area contributed by atoms with Crippen LogP contribution in [0.25, 0.3) is 5.57 Å². The largest absolute Gasteiger partial charge is 0.493 e. The Hall–Kier alpha value is -4.20. The minimum absolute atomic E-state index is 0.00645. The van der Waals surface area contributed by atoms with Crippen LogP contribution in [0.2, 0.25) is 0 Å². The van der Waals surface area contributed by atoms with E-state index in [4.69, 9.17) is 9.47 Å². The topological polar surface area (TPSA) is 67.9 Å². The summed E-state index contributed by atoms with van der Waals surface area (Å²) < 4.78 is 38.4. The molecule has 1 N–H and O–H groups in total. The summed E-state index contributed by atoms with van der Waals surface area (Å²) in [5.74, 6) is -1.80. The highest BCUT2D eigenvalue weighted by molar-refractivity contribution is 6.46. The summed E-state index contributed by atoms with van der Waals surface area (Å²) in [4.78, 5) is 27.3. The lowest BCUT2D eigenvalue weighted by atomic mass is 10.0. The summed E-state index contributed by atoms with van der Waals surface area (Å²) in [5.41, 5.74) is 0.497. The quantitative estimate of drug-likeness (QED) is 0.581. The first kappa shape index (κ1) is 21.0. The number of amides is 2. The number of imide groups is 1. The van der Waals surface area contributed by atoms with Gasteiger partial charge in [-0.05, 0) is 42.0 Å². The molecule has 1 aliphatic heterocycles. The van der Waals surface area contributed by atoms with Crippen LogP contribution in [0.3, 0.4) is 0 Å². The number of carbonyl (C=O) groups excluding carboxylic acids is 2. The average molecular weight is 436 g/mol. The van der Waals surface area contributed by atoms with Crippen LogP contribution >= 0.6 is 0 Å². The van der Waals surface area contributed by atoms with Crippen molar-refractivity contribution in [2.45, 2.75) is 0 Å². The summed E-state index contributed by atoms with van der Waals surface area (Å²) >= 11 is 0. The summed E-state index contributed by atoms with van der Waals surface area (Å²) in [6.07, 6.45) is 0. The van der Waals surface area contributed by atoms with E-state index in [9.17, 15) is 18.4 Å². The molecule has 1 aliphatic rings. The molecule has 6 nitrogen and oxygen atoms in total. The highest BCUT2D eigenvalue weighted by atomic mass is 19.1. The summed E-state index contributed by atoms with van der Waals surface area (Å²) in [6, 6.07) is 15.5. The number of hydrogen-bond acceptors (Lipinski definition) is 5. The van der Waals surface area contributed by atoms with Gasteiger partial charge in [0.25, 0.3) is 11.8 Å².